The molecule has 3 aliphatic rings. The van der Waals surface area contributed by atoms with E-state index in [1.54, 1.807) is 17.3 Å². The van der Waals surface area contributed by atoms with Gasteiger partial charge in [0.1, 0.15) is 21.8 Å². The summed E-state index contributed by atoms with van der Waals surface area (Å²) < 4.78 is 5.96. The minimum atomic E-state index is -0.582. The smallest absolute Gasteiger partial charge is 0.327 e. The summed E-state index contributed by atoms with van der Waals surface area (Å²) in [5.74, 6) is 0.815. The van der Waals surface area contributed by atoms with Crippen molar-refractivity contribution in [1.29, 1.82) is 0 Å². The number of aryl methyl sites for hydroxylation is 2. The third-order valence-corrected chi connectivity index (χ3v) is 8.94. The van der Waals surface area contributed by atoms with Crippen molar-refractivity contribution in [2.75, 3.05) is 4.90 Å². The number of nitrogens with one attached hydrogen (secondary N) is 3. The molecule has 3 N–H and O–H groups in total. The molecule has 0 spiro atoms. The van der Waals surface area contributed by atoms with Gasteiger partial charge in [0, 0.05) is 29.5 Å². The monoisotopic (exact) mass is 570 g/mol. The highest BCUT2D eigenvalue weighted by atomic mass is 32.2. The maximum absolute atomic E-state index is 13.6. The molecule has 0 saturated heterocycles. The van der Waals surface area contributed by atoms with Crippen LogP contribution < -0.4 is 25.6 Å². The molecule has 10 nitrogen and oxygen atoms in total. The van der Waals surface area contributed by atoms with Gasteiger partial charge in [-0.3, -0.25) is 19.5 Å². The zero-order chi connectivity index (χ0) is 28.7. The Morgan fingerprint density at radius 3 is 2.59 bits per heavy atom. The Morgan fingerprint density at radius 2 is 1.85 bits per heavy atom. The van der Waals surface area contributed by atoms with Crippen molar-refractivity contribution in [2.45, 2.75) is 61.5 Å². The summed E-state index contributed by atoms with van der Waals surface area (Å²) in [5, 5.41) is 9.22. The Bertz CT molecular complexity index is 1540. The molecular weight excluding hydrogens is 540 g/mol. The first kappa shape index (κ1) is 26.8. The summed E-state index contributed by atoms with van der Waals surface area (Å²) in [6.45, 7) is 7.35. The largest absolute Gasteiger partial charge is 0.456 e. The first-order valence-corrected chi connectivity index (χ1v) is 14.4. The molecular formula is C30H30N6O4S. The van der Waals surface area contributed by atoms with Gasteiger partial charge in [0.15, 0.2) is 0 Å². The second-order valence-electron chi connectivity index (χ2n) is 10.4. The van der Waals surface area contributed by atoms with Gasteiger partial charge < -0.3 is 20.7 Å². The Kier molecular flexibility index (Phi) is 7.12. The number of aromatic nitrogens is 2. The van der Waals surface area contributed by atoms with E-state index in [1.165, 1.54) is 17.8 Å². The molecule has 1 aromatic carbocycles. The fourth-order valence-electron chi connectivity index (χ4n) is 5.67. The van der Waals surface area contributed by atoms with Crippen LogP contribution in [0, 0.1) is 13.8 Å². The second-order valence-corrected chi connectivity index (χ2v) is 11.5. The van der Waals surface area contributed by atoms with Crippen LogP contribution in [-0.4, -0.2) is 45.1 Å². The third kappa shape index (κ3) is 5.13. The minimum absolute atomic E-state index is 0.152. The summed E-state index contributed by atoms with van der Waals surface area (Å²) in [6.07, 6.45) is 7.03. The summed E-state index contributed by atoms with van der Waals surface area (Å²) in [7, 11) is 0. The van der Waals surface area contributed by atoms with E-state index in [4.69, 9.17) is 4.74 Å². The van der Waals surface area contributed by atoms with Crippen molar-refractivity contribution in [3.63, 3.8) is 0 Å². The van der Waals surface area contributed by atoms with Crippen LogP contribution in [0.3, 0.4) is 0 Å². The summed E-state index contributed by atoms with van der Waals surface area (Å²) in [6, 6.07) is 9.92. The molecule has 2 aliphatic heterocycles. The van der Waals surface area contributed by atoms with Gasteiger partial charge in [-0.25, -0.2) is 9.78 Å². The highest BCUT2D eigenvalue weighted by Crippen LogP contribution is 2.51. The highest BCUT2D eigenvalue weighted by Gasteiger charge is 2.47. The predicted molar refractivity (Wildman–Crippen MR) is 155 cm³/mol. The van der Waals surface area contributed by atoms with Gasteiger partial charge in [0.2, 0.25) is 11.8 Å². The number of hydrogen-bond acceptors (Lipinski definition) is 7. The first-order chi connectivity index (χ1) is 19.8. The number of rotatable bonds is 7. The van der Waals surface area contributed by atoms with Gasteiger partial charge in [-0.1, -0.05) is 18.3 Å². The van der Waals surface area contributed by atoms with E-state index >= 15 is 0 Å². The van der Waals surface area contributed by atoms with Gasteiger partial charge >= 0.3 is 6.03 Å². The number of pyridine rings is 2. The average molecular weight is 571 g/mol. The van der Waals surface area contributed by atoms with E-state index in [0.29, 0.717) is 27.9 Å². The third-order valence-electron chi connectivity index (χ3n) is 7.65. The number of carbonyl (C=O) groups excluding carboxylic acids is 3. The molecule has 2 aromatic heterocycles. The molecule has 0 radical (unpaired) electrons. The number of nitrogens with zero attached hydrogens (tertiary/aromatic N) is 3. The summed E-state index contributed by atoms with van der Waals surface area (Å²) in [5.41, 5.74) is 3.97. The van der Waals surface area contributed by atoms with Crippen LogP contribution in [0.25, 0.3) is 0 Å². The molecule has 11 heteroatoms. The Morgan fingerprint density at radius 1 is 1.07 bits per heavy atom. The van der Waals surface area contributed by atoms with Crippen molar-refractivity contribution in [2.24, 2.45) is 0 Å². The number of ether oxygens (including phenoxy) is 1. The van der Waals surface area contributed by atoms with E-state index in [1.807, 2.05) is 50.2 Å². The number of amides is 4. The fourth-order valence-corrected chi connectivity index (χ4v) is 6.91. The number of anilines is 2. The Hall–Kier alpha value is -4.38. The van der Waals surface area contributed by atoms with Gasteiger partial charge in [-0.05, 0) is 81.1 Å². The molecule has 0 bridgehead atoms. The molecule has 1 saturated carbocycles. The Balaban J connectivity index is 1.23. The van der Waals surface area contributed by atoms with Crippen molar-refractivity contribution >= 4 is 41.0 Å². The van der Waals surface area contributed by atoms with E-state index in [9.17, 15) is 14.4 Å². The van der Waals surface area contributed by atoms with Gasteiger partial charge in [-0.15, -0.1) is 0 Å². The zero-order valence-electron chi connectivity index (χ0n) is 22.7. The summed E-state index contributed by atoms with van der Waals surface area (Å²) >= 11 is 1.35. The van der Waals surface area contributed by atoms with E-state index in [0.717, 1.165) is 36.1 Å². The van der Waals surface area contributed by atoms with Crippen molar-refractivity contribution in [3.05, 3.63) is 78.3 Å². The van der Waals surface area contributed by atoms with E-state index in [-0.39, 0.29) is 29.9 Å². The lowest BCUT2D eigenvalue weighted by Crippen LogP contribution is -2.53. The topological polar surface area (TPSA) is 126 Å². The molecule has 6 rings (SSSR count). The molecule has 2 unspecified atom stereocenters. The minimum Gasteiger partial charge on any atom is -0.456 e. The molecule has 4 heterocycles. The van der Waals surface area contributed by atoms with Crippen molar-refractivity contribution in [3.8, 4) is 11.5 Å². The van der Waals surface area contributed by atoms with Crippen LogP contribution in [-0.2, 0) is 9.59 Å². The van der Waals surface area contributed by atoms with Crippen LogP contribution in [0.1, 0.15) is 42.1 Å². The van der Waals surface area contributed by atoms with Crippen molar-refractivity contribution in [1.82, 2.24) is 25.9 Å². The van der Waals surface area contributed by atoms with Crippen LogP contribution >= 0.6 is 11.8 Å². The van der Waals surface area contributed by atoms with Gasteiger partial charge in [-0.2, -0.15) is 0 Å². The lowest BCUT2D eigenvalue weighted by Gasteiger charge is -2.35. The van der Waals surface area contributed by atoms with Crippen molar-refractivity contribution < 1.29 is 19.1 Å². The van der Waals surface area contributed by atoms with Crippen LogP contribution in [0.2, 0.25) is 0 Å². The average Bonchev–Trinajstić information content (AvgIpc) is 3.55. The quantitative estimate of drug-likeness (QED) is 0.355. The van der Waals surface area contributed by atoms with Crippen LogP contribution in [0.5, 0.6) is 11.5 Å². The SMILES string of the molecule is C=CC(=O)N[C@H]1CCC[C@H]1NC(=O)C1Sc2nccc3c2C1NC(=O)N3c1ccc(Oc2ccc(C)nc2)cc1C. The molecule has 4 atom stereocenters. The maximum atomic E-state index is 13.6. The second kappa shape index (κ2) is 10.9. The number of urea groups is 1. The molecule has 210 valence electrons. The Labute approximate surface area is 242 Å². The maximum Gasteiger partial charge on any atom is 0.327 e. The summed E-state index contributed by atoms with van der Waals surface area (Å²) in [4.78, 5) is 49.4. The van der Waals surface area contributed by atoms with E-state index in [2.05, 4.69) is 32.5 Å². The van der Waals surface area contributed by atoms with Crippen LogP contribution in [0.4, 0.5) is 16.2 Å². The lowest BCUT2D eigenvalue weighted by atomic mass is 9.99. The molecule has 1 aliphatic carbocycles. The molecule has 4 amide bonds. The number of carbonyl (C=O) groups is 3. The van der Waals surface area contributed by atoms with E-state index < -0.39 is 11.3 Å². The van der Waals surface area contributed by atoms with Gasteiger partial charge in [0.25, 0.3) is 0 Å². The first-order valence-electron chi connectivity index (χ1n) is 13.5. The fraction of sp³-hybridized carbons (Fsp3) is 0.300. The number of thioether (sulfide) groups is 1. The molecule has 41 heavy (non-hydrogen) atoms. The number of hydrogen-bond donors (Lipinski definition) is 3. The standard InChI is InChI=1S/C30H30N6O4S/c1-4-24(37)33-20-6-5-7-21(20)34-28(38)27-26-25-23(12-13-31-29(25)41-27)36(30(39)35-26)22-11-10-18(14-16(22)2)40-19-9-8-17(3)32-15-19/h4,8-15,20-21,26-27H,1,5-7H2,2-3H3,(H,33,37)(H,34,38)(H,35,39)/t20-,21+,26?,27?/m0/s1. The normalized spacial score (nSPS) is 22.5. The zero-order valence-corrected chi connectivity index (χ0v) is 23.5. The van der Waals surface area contributed by atoms with Gasteiger partial charge in [0.05, 0.1) is 23.6 Å². The predicted octanol–water partition coefficient (Wildman–Crippen LogP) is 4.60. The highest BCUT2D eigenvalue weighted by molar-refractivity contribution is 8.01. The molecule has 1 fully saturated rings. The van der Waals surface area contributed by atoms with Crippen LogP contribution in [0.15, 0.2) is 66.5 Å². The number of benzene rings is 1. The molecule has 3 aromatic rings. The lowest BCUT2D eigenvalue weighted by molar-refractivity contribution is -0.122.